The number of pyridine rings is 1. The molecule has 0 amide bonds. The Morgan fingerprint density at radius 2 is 2.50 bits per heavy atom. The maximum absolute atomic E-state index is 11.1. The number of carbonyl (C=O) groups excluding carboxylic acids is 1. The van der Waals surface area contributed by atoms with Gasteiger partial charge in [0.1, 0.15) is 5.69 Å². The summed E-state index contributed by atoms with van der Waals surface area (Å²) in [5.41, 5.74) is 1.07. The number of rotatable bonds is 2. The monoisotopic (exact) mass is 164 g/mol. The first kappa shape index (κ1) is 8.71. The van der Waals surface area contributed by atoms with Crippen LogP contribution in [0.5, 0.6) is 0 Å². The molecule has 1 aromatic rings. The lowest BCUT2D eigenvalue weighted by Crippen LogP contribution is -2.06. The molecule has 12 heavy (non-hydrogen) atoms. The molecule has 1 heterocycles. The molecule has 0 fully saturated rings. The van der Waals surface area contributed by atoms with E-state index in [0.717, 1.165) is 5.56 Å². The van der Waals surface area contributed by atoms with Gasteiger partial charge in [-0.1, -0.05) is 0 Å². The van der Waals surface area contributed by atoms with E-state index in [2.05, 4.69) is 11.9 Å². The molecule has 0 unspecified atom stereocenters. The van der Waals surface area contributed by atoms with Gasteiger partial charge in [0.25, 0.3) is 0 Å². The molecule has 0 atom stereocenters. The first-order valence-corrected chi connectivity index (χ1v) is 3.69. The van der Waals surface area contributed by atoms with Crippen LogP contribution in [0.25, 0.3) is 0 Å². The molecule has 63 valence electrons. The van der Waals surface area contributed by atoms with Crippen LogP contribution in [-0.2, 0) is 4.74 Å². The minimum Gasteiger partial charge on any atom is -0.461 e. The third kappa shape index (κ3) is 2.05. The normalized spacial score (nSPS) is 9.50. The van der Waals surface area contributed by atoms with Crippen molar-refractivity contribution in [2.24, 2.45) is 0 Å². The Kier molecular flexibility index (Phi) is 2.80. The topological polar surface area (TPSA) is 39.2 Å². The zero-order valence-electron chi connectivity index (χ0n) is 6.91. The lowest BCUT2D eigenvalue weighted by Gasteiger charge is -2.00. The second-order valence-electron chi connectivity index (χ2n) is 2.27. The Bertz CT molecular complexity index is 284. The van der Waals surface area contributed by atoms with E-state index in [1.165, 1.54) is 6.20 Å². The van der Waals surface area contributed by atoms with E-state index in [-0.39, 0.29) is 0 Å². The highest BCUT2D eigenvalue weighted by Gasteiger charge is 2.06. The smallest absolute Gasteiger partial charge is 0.356 e. The molecule has 3 nitrogen and oxygen atoms in total. The standard InChI is InChI=1S/C9H10NO2/c1-3-12-9(11)8-6-7(2)4-5-10-8/h4-6H,2-3H2,1H3. The van der Waals surface area contributed by atoms with Gasteiger partial charge in [0.05, 0.1) is 6.61 Å². The third-order valence-electron chi connectivity index (χ3n) is 1.31. The Labute approximate surface area is 71.4 Å². The number of ether oxygens (including phenoxy) is 1. The lowest BCUT2D eigenvalue weighted by atomic mass is 10.2. The number of hydrogen-bond donors (Lipinski definition) is 0. The summed E-state index contributed by atoms with van der Waals surface area (Å²) in [6.07, 6.45) is 1.54. The van der Waals surface area contributed by atoms with Gasteiger partial charge in [-0.2, -0.15) is 0 Å². The van der Waals surface area contributed by atoms with Crippen LogP contribution in [0.4, 0.5) is 0 Å². The molecule has 0 aliphatic rings. The van der Waals surface area contributed by atoms with Crippen LogP contribution in [0, 0.1) is 6.92 Å². The van der Waals surface area contributed by atoms with Crippen molar-refractivity contribution in [3.63, 3.8) is 0 Å². The van der Waals surface area contributed by atoms with Gasteiger partial charge in [-0.05, 0) is 31.5 Å². The fourth-order valence-electron chi connectivity index (χ4n) is 0.791. The minimum atomic E-state index is -0.400. The van der Waals surface area contributed by atoms with Gasteiger partial charge in [-0.25, -0.2) is 9.78 Å². The van der Waals surface area contributed by atoms with Crippen LogP contribution in [0.2, 0.25) is 0 Å². The molecule has 1 aromatic heterocycles. The van der Waals surface area contributed by atoms with Crippen molar-refractivity contribution in [1.82, 2.24) is 4.98 Å². The SMILES string of the molecule is [CH2]c1ccnc(C(=O)OCC)c1. The van der Waals surface area contributed by atoms with E-state index in [4.69, 9.17) is 4.74 Å². The highest BCUT2D eigenvalue weighted by atomic mass is 16.5. The molecule has 0 saturated carbocycles. The van der Waals surface area contributed by atoms with E-state index in [1.54, 1.807) is 19.1 Å². The molecular weight excluding hydrogens is 154 g/mol. The van der Waals surface area contributed by atoms with Gasteiger partial charge < -0.3 is 4.74 Å². The van der Waals surface area contributed by atoms with Gasteiger partial charge >= 0.3 is 5.97 Å². The predicted octanol–water partition coefficient (Wildman–Crippen LogP) is 1.44. The molecule has 0 saturated heterocycles. The van der Waals surface area contributed by atoms with E-state index < -0.39 is 5.97 Å². The molecule has 0 spiro atoms. The van der Waals surface area contributed by atoms with Crippen molar-refractivity contribution in [3.05, 3.63) is 36.5 Å². The summed E-state index contributed by atoms with van der Waals surface area (Å²) in [5.74, 6) is -0.400. The summed E-state index contributed by atoms with van der Waals surface area (Å²) < 4.78 is 4.75. The predicted molar refractivity (Wildman–Crippen MR) is 44.7 cm³/mol. The van der Waals surface area contributed by atoms with Crippen molar-refractivity contribution in [2.75, 3.05) is 6.61 Å². The zero-order chi connectivity index (χ0) is 8.97. The maximum Gasteiger partial charge on any atom is 0.356 e. The van der Waals surface area contributed by atoms with Gasteiger partial charge in [0.15, 0.2) is 0 Å². The Balaban J connectivity index is 2.81. The average molecular weight is 164 g/mol. The lowest BCUT2D eigenvalue weighted by molar-refractivity contribution is 0.0519. The van der Waals surface area contributed by atoms with E-state index in [1.807, 2.05) is 0 Å². The van der Waals surface area contributed by atoms with Crippen molar-refractivity contribution in [3.8, 4) is 0 Å². The second-order valence-corrected chi connectivity index (χ2v) is 2.27. The number of esters is 1. The van der Waals surface area contributed by atoms with Crippen molar-refractivity contribution in [1.29, 1.82) is 0 Å². The molecule has 0 N–H and O–H groups in total. The van der Waals surface area contributed by atoms with Gasteiger partial charge in [0.2, 0.25) is 0 Å². The average Bonchev–Trinajstić information content (AvgIpc) is 2.05. The van der Waals surface area contributed by atoms with E-state index in [9.17, 15) is 4.79 Å². The van der Waals surface area contributed by atoms with E-state index in [0.29, 0.717) is 12.3 Å². The molecular formula is C9H10NO2. The summed E-state index contributed by atoms with van der Waals surface area (Å²) in [6, 6.07) is 3.32. The first-order valence-electron chi connectivity index (χ1n) is 3.69. The largest absolute Gasteiger partial charge is 0.461 e. The molecule has 1 radical (unpaired) electrons. The second kappa shape index (κ2) is 3.85. The fourth-order valence-corrected chi connectivity index (χ4v) is 0.791. The van der Waals surface area contributed by atoms with Crippen LogP contribution in [-0.4, -0.2) is 17.6 Å². The van der Waals surface area contributed by atoms with Crippen LogP contribution >= 0.6 is 0 Å². The van der Waals surface area contributed by atoms with Crippen LogP contribution in [0.3, 0.4) is 0 Å². The highest BCUT2D eigenvalue weighted by Crippen LogP contribution is 2.01. The Hall–Kier alpha value is -1.38. The van der Waals surface area contributed by atoms with Crippen molar-refractivity contribution in [2.45, 2.75) is 6.92 Å². The first-order chi connectivity index (χ1) is 5.74. The quantitative estimate of drug-likeness (QED) is 0.621. The fraction of sp³-hybridized carbons (Fsp3) is 0.222. The zero-order valence-corrected chi connectivity index (χ0v) is 6.91. The number of aromatic nitrogens is 1. The van der Waals surface area contributed by atoms with Crippen LogP contribution in [0.1, 0.15) is 23.0 Å². The van der Waals surface area contributed by atoms with Gasteiger partial charge in [0, 0.05) is 6.20 Å². The number of carbonyl (C=O) groups is 1. The number of hydrogen-bond acceptors (Lipinski definition) is 3. The summed E-state index contributed by atoms with van der Waals surface area (Å²) in [4.78, 5) is 14.9. The third-order valence-corrected chi connectivity index (χ3v) is 1.31. The molecule has 0 bridgehead atoms. The Morgan fingerprint density at radius 3 is 3.08 bits per heavy atom. The Morgan fingerprint density at radius 1 is 1.75 bits per heavy atom. The number of nitrogens with zero attached hydrogens (tertiary/aromatic N) is 1. The molecule has 0 aliphatic heterocycles. The van der Waals surface area contributed by atoms with Crippen molar-refractivity contribution >= 4 is 5.97 Å². The van der Waals surface area contributed by atoms with Crippen LogP contribution < -0.4 is 0 Å². The molecule has 0 aromatic carbocycles. The highest BCUT2D eigenvalue weighted by molar-refractivity contribution is 5.87. The summed E-state index contributed by atoms with van der Waals surface area (Å²) in [6.45, 7) is 5.79. The summed E-state index contributed by atoms with van der Waals surface area (Å²) >= 11 is 0. The van der Waals surface area contributed by atoms with E-state index >= 15 is 0 Å². The van der Waals surface area contributed by atoms with Gasteiger partial charge in [-0.15, -0.1) is 0 Å². The molecule has 1 rings (SSSR count). The van der Waals surface area contributed by atoms with Crippen LogP contribution in [0.15, 0.2) is 18.3 Å². The maximum atomic E-state index is 11.1. The van der Waals surface area contributed by atoms with Crippen molar-refractivity contribution < 1.29 is 9.53 Å². The minimum absolute atomic E-state index is 0.310. The summed E-state index contributed by atoms with van der Waals surface area (Å²) in [7, 11) is 0. The molecule has 0 aliphatic carbocycles. The van der Waals surface area contributed by atoms with Gasteiger partial charge in [-0.3, -0.25) is 0 Å². The molecule has 3 heteroatoms. The summed E-state index contributed by atoms with van der Waals surface area (Å²) in [5, 5.41) is 0.